The Morgan fingerprint density at radius 2 is 1.72 bits per heavy atom. The highest BCUT2D eigenvalue weighted by molar-refractivity contribution is 6.03. The summed E-state index contributed by atoms with van der Waals surface area (Å²) in [6.07, 6.45) is -1.52. The zero-order valence-electron chi connectivity index (χ0n) is 18.1. The lowest BCUT2D eigenvalue weighted by Crippen LogP contribution is -2.49. The molecule has 3 amide bonds. The molecule has 2 aromatic carbocycles. The van der Waals surface area contributed by atoms with E-state index < -0.39 is 24.2 Å². The van der Waals surface area contributed by atoms with Crippen molar-refractivity contribution in [3.8, 4) is 0 Å². The molecule has 0 bridgehead atoms. The monoisotopic (exact) mass is 435 g/mol. The zero-order valence-corrected chi connectivity index (χ0v) is 18.1. The van der Waals surface area contributed by atoms with Crippen LogP contribution in [0.5, 0.6) is 0 Å². The van der Waals surface area contributed by atoms with Crippen LogP contribution in [0.15, 0.2) is 54.6 Å². The number of fused-ring (bicyclic) bond motifs is 1. The summed E-state index contributed by atoms with van der Waals surface area (Å²) in [5, 5.41) is 2.74. The average Bonchev–Trinajstić information content (AvgIpc) is 3.48. The fourth-order valence-corrected chi connectivity index (χ4v) is 3.51. The van der Waals surface area contributed by atoms with Crippen LogP contribution in [0.3, 0.4) is 0 Å². The Kier molecular flexibility index (Phi) is 5.91. The van der Waals surface area contributed by atoms with Crippen molar-refractivity contribution in [2.45, 2.75) is 24.7 Å². The first-order valence-electron chi connectivity index (χ1n) is 10.3. The van der Waals surface area contributed by atoms with E-state index in [1.54, 1.807) is 21.1 Å². The van der Waals surface area contributed by atoms with E-state index in [0.717, 1.165) is 16.6 Å². The van der Waals surface area contributed by atoms with Gasteiger partial charge in [-0.2, -0.15) is 0 Å². The van der Waals surface area contributed by atoms with Gasteiger partial charge in [0.15, 0.2) is 12.2 Å². The van der Waals surface area contributed by atoms with Crippen LogP contribution in [0.25, 0.3) is 11.0 Å². The van der Waals surface area contributed by atoms with Crippen LogP contribution in [0.1, 0.15) is 5.56 Å². The average molecular weight is 435 g/mol. The van der Waals surface area contributed by atoms with Gasteiger partial charge in [0.25, 0.3) is 11.8 Å². The van der Waals surface area contributed by atoms with E-state index in [9.17, 15) is 14.4 Å². The van der Waals surface area contributed by atoms with Gasteiger partial charge in [-0.05, 0) is 17.7 Å². The molecule has 1 aliphatic heterocycles. The lowest BCUT2D eigenvalue weighted by molar-refractivity contribution is -0.134. The van der Waals surface area contributed by atoms with Crippen LogP contribution >= 0.6 is 0 Å². The highest BCUT2D eigenvalue weighted by Gasteiger charge is 2.52. The number of hydrogen-bond donors (Lipinski definition) is 2. The van der Waals surface area contributed by atoms with Gasteiger partial charge in [-0.3, -0.25) is 19.3 Å². The molecule has 1 fully saturated rings. The number of para-hydroxylation sites is 2. The third kappa shape index (κ3) is 4.47. The van der Waals surface area contributed by atoms with E-state index in [1.807, 2.05) is 54.6 Å². The van der Waals surface area contributed by atoms with Crippen LogP contribution in [0.4, 0.5) is 5.95 Å². The van der Waals surface area contributed by atoms with Crippen LogP contribution in [0, 0.1) is 0 Å². The van der Waals surface area contributed by atoms with E-state index in [4.69, 9.17) is 4.74 Å². The standard InChI is InChI=1S/C23H25N5O4/c1-27(2)21(30)17(13-14-9-5-4-6-10-14)24-20(29)18-19(32-18)22(31)28(3)23-25-15-11-7-8-12-16(15)26-23/h4-12,17-19H,13H2,1-3H3,(H,24,29)(H,25,26)/t17-,18-,19-/m0/s1. The molecule has 0 radical (unpaired) electrons. The lowest BCUT2D eigenvalue weighted by atomic mass is 10.0. The molecule has 3 atom stereocenters. The molecule has 0 unspecified atom stereocenters. The van der Waals surface area contributed by atoms with Crippen LogP contribution in [-0.4, -0.2) is 72.0 Å². The van der Waals surface area contributed by atoms with Crippen molar-refractivity contribution in [2.24, 2.45) is 0 Å². The molecule has 0 aliphatic carbocycles. The van der Waals surface area contributed by atoms with Gasteiger partial charge in [0.2, 0.25) is 11.9 Å². The highest BCUT2D eigenvalue weighted by Crippen LogP contribution is 2.26. The van der Waals surface area contributed by atoms with Crippen molar-refractivity contribution < 1.29 is 19.1 Å². The lowest BCUT2D eigenvalue weighted by Gasteiger charge is -2.21. The largest absolute Gasteiger partial charge is 0.349 e. The van der Waals surface area contributed by atoms with Gasteiger partial charge in [0.1, 0.15) is 6.04 Å². The van der Waals surface area contributed by atoms with Crippen molar-refractivity contribution in [1.29, 1.82) is 0 Å². The smallest absolute Gasteiger partial charge is 0.261 e. The first-order chi connectivity index (χ1) is 15.3. The van der Waals surface area contributed by atoms with Crippen molar-refractivity contribution in [3.05, 3.63) is 60.2 Å². The molecule has 4 rings (SSSR count). The molecule has 1 aromatic heterocycles. The topological polar surface area (TPSA) is 111 Å². The molecule has 1 aliphatic rings. The number of nitrogens with one attached hydrogen (secondary N) is 2. The summed E-state index contributed by atoms with van der Waals surface area (Å²) >= 11 is 0. The van der Waals surface area contributed by atoms with E-state index in [2.05, 4.69) is 15.3 Å². The van der Waals surface area contributed by atoms with E-state index in [0.29, 0.717) is 12.4 Å². The Bertz CT molecular complexity index is 1110. The summed E-state index contributed by atoms with van der Waals surface area (Å²) in [5.41, 5.74) is 2.46. The maximum Gasteiger partial charge on any atom is 0.261 e. The van der Waals surface area contributed by atoms with Crippen molar-refractivity contribution in [2.75, 3.05) is 26.0 Å². The maximum absolute atomic E-state index is 12.8. The summed E-state index contributed by atoms with van der Waals surface area (Å²) < 4.78 is 5.38. The summed E-state index contributed by atoms with van der Waals surface area (Å²) in [4.78, 5) is 48.4. The molecule has 9 heteroatoms. The third-order valence-corrected chi connectivity index (χ3v) is 5.36. The Balaban J connectivity index is 1.40. The van der Waals surface area contributed by atoms with Crippen LogP contribution in [-0.2, 0) is 25.5 Å². The van der Waals surface area contributed by atoms with Crippen molar-refractivity contribution in [1.82, 2.24) is 20.2 Å². The van der Waals surface area contributed by atoms with Crippen LogP contribution in [0.2, 0.25) is 0 Å². The normalized spacial score (nSPS) is 18.1. The Hall–Kier alpha value is -3.72. The molecule has 0 saturated carbocycles. The predicted octanol–water partition coefficient (Wildman–Crippen LogP) is 1.11. The molecule has 166 valence electrons. The van der Waals surface area contributed by atoms with Crippen molar-refractivity contribution in [3.63, 3.8) is 0 Å². The van der Waals surface area contributed by atoms with Gasteiger partial charge < -0.3 is 19.9 Å². The van der Waals surface area contributed by atoms with Gasteiger partial charge in [0, 0.05) is 27.6 Å². The number of carbonyl (C=O) groups excluding carboxylic acids is 3. The number of nitrogens with zero attached hydrogens (tertiary/aromatic N) is 3. The predicted molar refractivity (Wildman–Crippen MR) is 119 cm³/mol. The number of rotatable bonds is 7. The molecule has 3 aromatic rings. The number of anilines is 1. The second-order valence-electron chi connectivity index (χ2n) is 7.94. The second kappa shape index (κ2) is 8.80. The summed E-state index contributed by atoms with van der Waals surface area (Å²) in [6, 6.07) is 16.1. The fourth-order valence-electron chi connectivity index (χ4n) is 3.51. The molecule has 1 saturated heterocycles. The molecule has 9 nitrogen and oxygen atoms in total. The number of imidazole rings is 1. The minimum Gasteiger partial charge on any atom is -0.349 e. The quantitative estimate of drug-likeness (QED) is 0.540. The number of carbonyl (C=O) groups is 3. The number of ether oxygens (including phenoxy) is 1. The Morgan fingerprint density at radius 1 is 1.03 bits per heavy atom. The number of benzene rings is 2. The first kappa shape index (κ1) is 21.5. The number of hydrogen-bond acceptors (Lipinski definition) is 5. The van der Waals surface area contributed by atoms with E-state index in [1.165, 1.54) is 9.80 Å². The molecular weight excluding hydrogens is 410 g/mol. The molecular formula is C23H25N5O4. The Morgan fingerprint density at radius 3 is 2.41 bits per heavy atom. The zero-order chi connectivity index (χ0) is 22.8. The number of epoxide rings is 1. The van der Waals surface area contributed by atoms with E-state index >= 15 is 0 Å². The summed E-state index contributed by atoms with van der Waals surface area (Å²) in [7, 11) is 4.84. The molecule has 2 N–H and O–H groups in total. The summed E-state index contributed by atoms with van der Waals surface area (Å²) in [5.74, 6) is -0.735. The van der Waals surface area contributed by atoms with Gasteiger partial charge in [-0.15, -0.1) is 0 Å². The Labute approximate surface area is 185 Å². The number of amides is 3. The minimum absolute atomic E-state index is 0.231. The molecule has 0 spiro atoms. The SMILES string of the molecule is CN(C)C(=O)[C@H](Cc1ccccc1)NC(=O)[C@H]1O[C@@H]1C(=O)N(C)c1nc2ccccc2[nH]1. The highest BCUT2D eigenvalue weighted by atomic mass is 16.6. The molecule has 32 heavy (non-hydrogen) atoms. The van der Waals surface area contributed by atoms with Crippen molar-refractivity contribution >= 4 is 34.7 Å². The molecule has 2 heterocycles. The summed E-state index contributed by atoms with van der Waals surface area (Å²) in [6.45, 7) is 0. The van der Waals surface area contributed by atoms with E-state index in [-0.39, 0.29) is 11.8 Å². The number of aromatic nitrogens is 2. The second-order valence-corrected chi connectivity index (χ2v) is 7.94. The minimum atomic E-state index is -0.942. The van der Waals surface area contributed by atoms with Gasteiger partial charge in [0.05, 0.1) is 11.0 Å². The number of aromatic amines is 1. The van der Waals surface area contributed by atoms with Gasteiger partial charge >= 0.3 is 0 Å². The first-order valence-corrected chi connectivity index (χ1v) is 10.3. The maximum atomic E-state index is 12.8. The van der Waals surface area contributed by atoms with Gasteiger partial charge in [-0.25, -0.2) is 4.98 Å². The van der Waals surface area contributed by atoms with Crippen LogP contribution < -0.4 is 10.2 Å². The number of H-pyrrole nitrogens is 1. The number of likely N-dealkylation sites (N-methyl/N-ethyl adjacent to an activating group) is 2. The third-order valence-electron chi connectivity index (χ3n) is 5.36. The van der Waals surface area contributed by atoms with Gasteiger partial charge in [-0.1, -0.05) is 42.5 Å². The fraction of sp³-hybridized carbons (Fsp3) is 0.304.